The van der Waals surface area contributed by atoms with E-state index in [0.717, 1.165) is 25.7 Å². The third-order valence-electron chi connectivity index (χ3n) is 3.39. The van der Waals surface area contributed by atoms with Crippen LogP contribution in [0.5, 0.6) is 5.75 Å². The lowest BCUT2D eigenvalue weighted by molar-refractivity contribution is 0.116. The Kier molecular flexibility index (Phi) is 4.73. The second-order valence-corrected chi connectivity index (χ2v) is 5.63. The lowest BCUT2D eigenvalue weighted by Gasteiger charge is -2.26. The van der Waals surface area contributed by atoms with Crippen LogP contribution in [0.15, 0.2) is 12.1 Å². The highest BCUT2D eigenvalue weighted by Crippen LogP contribution is 2.31. The molecule has 1 aliphatic carbocycles. The van der Waals surface area contributed by atoms with Crippen LogP contribution >= 0.6 is 23.2 Å². The number of aromatic hydroxyl groups is 1. The van der Waals surface area contributed by atoms with E-state index in [9.17, 15) is 10.2 Å². The van der Waals surface area contributed by atoms with Gasteiger partial charge in [0.2, 0.25) is 0 Å². The maximum Gasteiger partial charge on any atom is 0.138 e. The van der Waals surface area contributed by atoms with Gasteiger partial charge in [-0.1, -0.05) is 23.2 Å². The first-order valence-corrected chi connectivity index (χ1v) is 6.90. The Bertz CT molecular complexity index is 418. The summed E-state index contributed by atoms with van der Waals surface area (Å²) in [7, 11) is 0. The first-order chi connectivity index (χ1) is 8.56. The van der Waals surface area contributed by atoms with Gasteiger partial charge in [0.25, 0.3) is 0 Å². The molecule has 0 unspecified atom stereocenters. The lowest BCUT2D eigenvalue weighted by atomic mass is 9.93. The van der Waals surface area contributed by atoms with Crippen LogP contribution in [0.2, 0.25) is 10.0 Å². The molecule has 3 nitrogen and oxygen atoms in total. The summed E-state index contributed by atoms with van der Waals surface area (Å²) in [5.74, 6) is 0.0874. The van der Waals surface area contributed by atoms with Crippen molar-refractivity contribution >= 4 is 23.2 Å². The fourth-order valence-electron chi connectivity index (χ4n) is 2.29. The molecule has 5 heteroatoms. The monoisotopic (exact) mass is 289 g/mol. The predicted molar refractivity (Wildman–Crippen MR) is 73.2 cm³/mol. The average Bonchev–Trinajstić information content (AvgIpc) is 2.34. The quantitative estimate of drug-likeness (QED) is 0.802. The molecule has 0 heterocycles. The lowest BCUT2D eigenvalue weighted by Crippen LogP contribution is -2.34. The summed E-state index contributed by atoms with van der Waals surface area (Å²) in [6.07, 6.45) is 3.42. The normalized spacial score (nSPS) is 24.2. The highest BCUT2D eigenvalue weighted by molar-refractivity contribution is 6.35. The molecule has 0 aromatic heterocycles. The van der Waals surface area contributed by atoms with Crippen molar-refractivity contribution in [1.29, 1.82) is 0 Å². The van der Waals surface area contributed by atoms with Gasteiger partial charge in [0.05, 0.1) is 11.1 Å². The number of nitrogens with one attached hydrogen (secondary N) is 1. The maximum absolute atomic E-state index is 9.82. The first kappa shape index (κ1) is 13.9. The SMILES string of the molecule is Oc1c(Cl)cc(Cl)cc1CN[C@H]1CC[C@H](O)CC1. The molecule has 0 radical (unpaired) electrons. The minimum Gasteiger partial charge on any atom is -0.506 e. The van der Waals surface area contributed by atoms with Crippen molar-refractivity contribution in [3.8, 4) is 5.75 Å². The van der Waals surface area contributed by atoms with E-state index >= 15 is 0 Å². The summed E-state index contributed by atoms with van der Waals surface area (Å²) in [6, 6.07) is 3.62. The summed E-state index contributed by atoms with van der Waals surface area (Å²) < 4.78 is 0. The fourth-order valence-corrected chi connectivity index (χ4v) is 2.82. The molecule has 1 aliphatic rings. The summed E-state index contributed by atoms with van der Waals surface area (Å²) in [5, 5.41) is 23.4. The Morgan fingerprint density at radius 1 is 1.17 bits per heavy atom. The van der Waals surface area contributed by atoms with E-state index < -0.39 is 0 Å². The van der Waals surface area contributed by atoms with Crippen molar-refractivity contribution in [3.05, 3.63) is 27.7 Å². The zero-order valence-electron chi connectivity index (χ0n) is 10.00. The summed E-state index contributed by atoms with van der Waals surface area (Å²) >= 11 is 11.8. The zero-order valence-corrected chi connectivity index (χ0v) is 11.5. The molecule has 0 aliphatic heterocycles. The van der Waals surface area contributed by atoms with Gasteiger partial charge in [0, 0.05) is 23.2 Å². The van der Waals surface area contributed by atoms with Crippen LogP contribution in [-0.2, 0) is 6.54 Å². The molecule has 0 spiro atoms. The Morgan fingerprint density at radius 2 is 1.83 bits per heavy atom. The number of rotatable bonds is 3. The molecule has 3 N–H and O–H groups in total. The second-order valence-electron chi connectivity index (χ2n) is 4.78. The molecule has 0 amide bonds. The molecule has 0 saturated heterocycles. The molecule has 18 heavy (non-hydrogen) atoms. The van der Waals surface area contributed by atoms with Crippen LogP contribution < -0.4 is 5.32 Å². The van der Waals surface area contributed by atoms with E-state index in [0.29, 0.717) is 23.2 Å². The predicted octanol–water partition coefficient (Wildman–Crippen LogP) is 3.09. The van der Waals surface area contributed by atoms with Crippen LogP contribution in [0.4, 0.5) is 0 Å². The Morgan fingerprint density at radius 3 is 2.50 bits per heavy atom. The molecule has 0 atom stereocenters. The molecule has 2 rings (SSSR count). The van der Waals surface area contributed by atoms with Crippen LogP contribution in [0, 0.1) is 0 Å². The van der Waals surface area contributed by atoms with E-state index in [-0.39, 0.29) is 16.9 Å². The van der Waals surface area contributed by atoms with Gasteiger partial charge >= 0.3 is 0 Å². The molecule has 1 aromatic rings. The van der Waals surface area contributed by atoms with Crippen LogP contribution in [0.25, 0.3) is 0 Å². The first-order valence-electron chi connectivity index (χ1n) is 6.14. The molecule has 1 fully saturated rings. The molecular weight excluding hydrogens is 273 g/mol. The highest BCUT2D eigenvalue weighted by atomic mass is 35.5. The minimum absolute atomic E-state index is 0.0874. The molecule has 1 saturated carbocycles. The van der Waals surface area contributed by atoms with E-state index in [2.05, 4.69) is 5.32 Å². The smallest absolute Gasteiger partial charge is 0.138 e. The zero-order chi connectivity index (χ0) is 13.1. The summed E-state index contributed by atoms with van der Waals surface area (Å²) in [5.41, 5.74) is 0.707. The Labute approximate surface area is 117 Å². The van der Waals surface area contributed by atoms with E-state index in [1.807, 2.05) is 0 Å². The van der Waals surface area contributed by atoms with Gasteiger partial charge in [0.15, 0.2) is 0 Å². The largest absolute Gasteiger partial charge is 0.506 e. The van der Waals surface area contributed by atoms with Crippen molar-refractivity contribution in [1.82, 2.24) is 5.32 Å². The maximum atomic E-state index is 9.82. The number of phenolic OH excluding ortho intramolecular Hbond substituents is 1. The van der Waals surface area contributed by atoms with Gasteiger partial charge in [0.1, 0.15) is 5.75 Å². The van der Waals surface area contributed by atoms with E-state index in [4.69, 9.17) is 23.2 Å². The van der Waals surface area contributed by atoms with E-state index in [1.54, 1.807) is 6.07 Å². The van der Waals surface area contributed by atoms with Crippen LogP contribution in [0.3, 0.4) is 0 Å². The van der Waals surface area contributed by atoms with E-state index in [1.165, 1.54) is 6.07 Å². The van der Waals surface area contributed by atoms with Gasteiger partial charge in [-0.05, 0) is 37.8 Å². The van der Waals surface area contributed by atoms with Crippen molar-refractivity contribution in [2.45, 2.75) is 44.4 Å². The number of benzene rings is 1. The number of halogens is 2. The number of hydrogen-bond donors (Lipinski definition) is 3. The Hall–Kier alpha value is -0.480. The van der Waals surface area contributed by atoms with Crippen LogP contribution in [-0.4, -0.2) is 22.4 Å². The van der Waals surface area contributed by atoms with Crippen molar-refractivity contribution < 1.29 is 10.2 Å². The van der Waals surface area contributed by atoms with Crippen molar-refractivity contribution in [2.24, 2.45) is 0 Å². The average molecular weight is 290 g/mol. The topological polar surface area (TPSA) is 52.5 Å². The number of aliphatic hydroxyl groups is 1. The minimum atomic E-state index is -0.155. The van der Waals surface area contributed by atoms with Gasteiger partial charge < -0.3 is 15.5 Å². The number of phenols is 1. The standard InChI is InChI=1S/C13H17Cl2NO2/c14-9-5-8(13(18)12(15)6-9)7-16-10-1-3-11(17)4-2-10/h5-6,10-11,16-18H,1-4,7H2/t10-,11-. The summed E-state index contributed by atoms with van der Waals surface area (Å²) in [6.45, 7) is 0.535. The molecular formula is C13H17Cl2NO2. The molecule has 1 aromatic carbocycles. The number of aliphatic hydroxyl groups excluding tert-OH is 1. The number of hydrogen-bond acceptors (Lipinski definition) is 3. The summed E-state index contributed by atoms with van der Waals surface area (Å²) in [4.78, 5) is 0. The molecule has 0 bridgehead atoms. The molecule has 100 valence electrons. The van der Waals surface area contributed by atoms with Gasteiger partial charge in [-0.2, -0.15) is 0 Å². The third kappa shape index (κ3) is 3.51. The van der Waals surface area contributed by atoms with Crippen molar-refractivity contribution in [3.63, 3.8) is 0 Å². The fraction of sp³-hybridized carbons (Fsp3) is 0.538. The third-order valence-corrected chi connectivity index (χ3v) is 3.89. The van der Waals surface area contributed by atoms with Crippen LogP contribution in [0.1, 0.15) is 31.2 Å². The Balaban J connectivity index is 1.94. The highest BCUT2D eigenvalue weighted by Gasteiger charge is 2.19. The van der Waals surface area contributed by atoms with Gasteiger partial charge in [-0.15, -0.1) is 0 Å². The van der Waals surface area contributed by atoms with Crippen molar-refractivity contribution in [2.75, 3.05) is 0 Å². The van der Waals surface area contributed by atoms with Gasteiger partial charge in [-0.25, -0.2) is 0 Å². The second kappa shape index (κ2) is 6.11. The van der Waals surface area contributed by atoms with Gasteiger partial charge in [-0.3, -0.25) is 0 Å².